The van der Waals surface area contributed by atoms with Crippen molar-refractivity contribution in [3.05, 3.63) is 64.7 Å². The van der Waals surface area contributed by atoms with Crippen LogP contribution in [0.1, 0.15) is 58.1 Å². The molecule has 0 spiro atoms. The predicted octanol–water partition coefficient (Wildman–Crippen LogP) is 4.78. The Balaban J connectivity index is 2.18. The summed E-state index contributed by atoms with van der Waals surface area (Å²) in [6, 6.07) is 13.9. The van der Waals surface area contributed by atoms with Gasteiger partial charge in [0.2, 0.25) is 21.8 Å². The topological polar surface area (TPSA) is 86.8 Å². The van der Waals surface area contributed by atoms with Gasteiger partial charge in [-0.1, -0.05) is 55.8 Å². The van der Waals surface area contributed by atoms with Crippen LogP contribution in [0.4, 0.5) is 5.69 Å². The molecule has 0 saturated carbocycles. The average Bonchev–Trinajstić information content (AvgIpc) is 2.84. The first-order chi connectivity index (χ1) is 17.0. The highest BCUT2D eigenvalue weighted by molar-refractivity contribution is 7.92. The Labute approximate surface area is 220 Å². The minimum atomic E-state index is -3.53. The fourth-order valence-electron chi connectivity index (χ4n) is 3.76. The van der Waals surface area contributed by atoms with Crippen LogP contribution >= 0.6 is 11.6 Å². The monoisotopic (exact) mass is 535 g/mol. The molecule has 7 nitrogen and oxygen atoms in total. The maximum Gasteiger partial charge on any atom is 0.242 e. The predicted molar refractivity (Wildman–Crippen MR) is 147 cm³/mol. The second kappa shape index (κ2) is 13.7. The summed E-state index contributed by atoms with van der Waals surface area (Å²) in [5.41, 5.74) is 2.42. The van der Waals surface area contributed by atoms with E-state index in [2.05, 4.69) is 5.32 Å². The first-order valence-corrected chi connectivity index (χ1v) is 14.6. The molecule has 2 aromatic rings. The molecule has 0 aromatic heterocycles. The third kappa shape index (κ3) is 8.52. The summed E-state index contributed by atoms with van der Waals surface area (Å²) in [4.78, 5) is 27.7. The molecule has 0 bridgehead atoms. The lowest BCUT2D eigenvalue weighted by atomic mass is 10.1. The Hall–Kier alpha value is -2.58. The van der Waals surface area contributed by atoms with Crippen molar-refractivity contribution >= 4 is 39.1 Å². The fourth-order valence-corrected chi connectivity index (χ4v) is 4.92. The third-order valence-electron chi connectivity index (χ3n) is 6.25. The second-order valence-corrected chi connectivity index (χ2v) is 11.4. The number of carbonyl (C=O) groups excluding carboxylic acids is 2. The number of nitrogens with one attached hydrogen (secondary N) is 1. The van der Waals surface area contributed by atoms with Gasteiger partial charge in [0.05, 0.1) is 11.9 Å². The Kier molecular flexibility index (Phi) is 11.2. The van der Waals surface area contributed by atoms with E-state index in [0.29, 0.717) is 17.1 Å². The summed E-state index contributed by atoms with van der Waals surface area (Å²) in [6.07, 6.45) is 3.19. The summed E-state index contributed by atoms with van der Waals surface area (Å²) >= 11 is 6.34. The zero-order valence-electron chi connectivity index (χ0n) is 21.8. The van der Waals surface area contributed by atoms with Crippen LogP contribution < -0.4 is 9.62 Å². The normalized spacial score (nSPS) is 13.1. The van der Waals surface area contributed by atoms with Gasteiger partial charge < -0.3 is 10.2 Å². The molecule has 0 aliphatic rings. The lowest BCUT2D eigenvalue weighted by Crippen LogP contribution is -2.49. The molecule has 0 fully saturated rings. The number of nitrogens with zero attached hydrogens (tertiary/aromatic N) is 2. The molecule has 198 valence electrons. The van der Waals surface area contributed by atoms with Gasteiger partial charge in [-0.05, 0) is 62.4 Å². The van der Waals surface area contributed by atoms with Crippen LogP contribution in [-0.2, 0) is 32.6 Å². The van der Waals surface area contributed by atoms with Crippen molar-refractivity contribution in [2.45, 2.75) is 72.0 Å². The lowest BCUT2D eigenvalue weighted by Gasteiger charge is -2.30. The van der Waals surface area contributed by atoms with Crippen LogP contribution in [-0.4, -0.2) is 50.0 Å². The largest absolute Gasteiger partial charge is 0.352 e. The van der Waals surface area contributed by atoms with E-state index in [4.69, 9.17) is 11.6 Å². The maximum absolute atomic E-state index is 13.3. The molecule has 0 saturated heterocycles. The Morgan fingerprint density at radius 3 is 2.22 bits per heavy atom. The molecule has 0 aliphatic heterocycles. The van der Waals surface area contributed by atoms with Crippen LogP contribution in [0.3, 0.4) is 0 Å². The molecule has 9 heteroatoms. The zero-order valence-corrected chi connectivity index (χ0v) is 23.4. The highest BCUT2D eigenvalue weighted by Crippen LogP contribution is 2.22. The van der Waals surface area contributed by atoms with Crippen LogP contribution in [0.2, 0.25) is 5.02 Å². The number of amides is 2. The number of sulfonamides is 1. The second-order valence-electron chi connectivity index (χ2n) is 9.07. The van der Waals surface area contributed by atoms with Crippen LogP contribution in [0, 0.1) is 0 Å². The van der Waals surface area contributed by atoms with Gasteiger partial charge in [-0.2, -0.15) is 0 Å². The van der Waals surface area contributed by atoms with Crippen molar-refractivity contribution < 1.29 is 18.0 Å². The van der Waals surface area contributed by atoms with Gasteiger partial charge in [0.15, 0.2) is 0 Å². The summed E-state index contributed by atoms with van der Waals surface area (Å²) < 4.78 is 26.2. The van der Waals surface area contributed by atoms with E-state index in [9.17, 15) is 18.0 Å². The van der Waals surface area contributed by atoms with Gasteiger partial charge >= 0.3 is 0 Å². The molecule has 2 atom stereocenters. The van der Waals surface area contributed by atoms with E-state index in [0.717, 1.165) is 30.2 Å². The molecule has 0 unspecified atom stereocenters. The van der Waals surface area contributed by atoms with Crippen LogP contribution in [0.15, 0.2) is 48.5 Å². The molecule has 0 aliphatic carbocycles. The van der Waals surface area contributed by atoms with Gasteiger partial charge in [-0.15, -0.1) is 0 Å². The quantitative estimate of drug-likeness (QED) is 0.400. The van der Waals surface area contributed by atoms with Crippen molar-refractivity contribution in [1.82, 2.24) is 10.2 Å². The Morgan fingerprint density at radius 2 is 1.67 bits per heavy atom. The van der Waals surface area contributed by atoms with Crippen molar-refractivity contribution in [2.75, 3.05) is 17.1 Å². The van der Waals surface area contributed by atoms with Crippen molar-refractivity contribution in [3.63, 3.8) is 0 Å². The number of rotatable bonds is 13. The number of anilines is 1. The summed E-state index contributed by atoms with van der Waals surface area (Å²) in [5, 5.41) is 3.45. The molecule has 1 N–H and O–H groups in total. The minimum Gasteiger partial charge on any atom is -0.352 e. The molecule has 36 heavy (non-hydrogen) atoms. The molecule has 2 amide bonds. The van der Waals surface area contributed by atoms with Gasteiger partial charge in [0.25, 0.3) is 0 Å². The number of halogens is 1. The Morgan fingerprint density at radius 1 is 1.03 bits per heavy atom. The first-order valence-electron chi connectivity index (χ1n) is 12.4. The number of hydrogen-bond acceptors (Lipinski definition) is 4. The Bertz CT molecular complexity index is 1120. The zero-order chi connectivity index (χ0) is 26.9. The van der Waals surface area contributed by atoms with Crippen LogP contribution in [0.25, 0.3) is 0 Å². The molecule has 2 rings (SSSR count). The number of benzene rings is 2. The highest BCUT2D eigenvalue weighted by atomic mass is 35.5. The van der Waals surface area contributed by atoms with Gasteiger partial charge in [-0.25, -0.2) is 8.42 Å². The molecular weight excluding hydrogens is 498 g/mol. The smallest absolute Gasteiger partial charge is 0.242 e. The van der Waals surface area contributed by atoms with E-state index in [-0.39, 0.29) is 37.4 Å². The molecule has 0 heterocycles. The van der Waals surface area contributed by atoms with E-state index in [1.54, 1.807) is 25.1 Å². The average molecular weight is 536 g/mol. The number of aryl methyl sites for hydroxylation is 1. The van der Waals surface area contributed by atoms with Crippen molar-refractivity contribution in [2.24, 2.45) is 0 Å². The van der Waals surface area contributed by atoms with E-state index in [1.165, 1.54) is 9.21 Å². The third-order valence-corrected chi connectivity index (χ3v) is 7.81. The summed E-state index contributed by atoms with van der Waals surface area (Å²) in [5.74, 6) is -0.477. The molecule has 0 radical (unpaired) electrons. The van der Waals surface area contributed by atoms with E-state index >= 15 is 0 Å². The van der Waals surface area contributed by atoms with E-state index in [1.807, 2.05) is 51.1 Å². The molecular formula is C27H38ClN3O4S. The minimum absolute atomic E-state index is 0.0142. The lowest BCUT2D eigenvalue weighted by molar-refractivity contribution is -0.140. The molecule has 2 aromatic carbocycles. The SMILES string of the molecule is CCc1ccc(N(CCCC(=O)N(Cc2ccccc2Cl)[C@H](C)C(=O)N[C@@H](C)CC)S(C)(=O)=O)cc1. The highest BCUT2D eigenvalue weighted by Gasteiger charge is 2.27. The van der Waals surface area contributed by atoms with Crippen LogP contribution in [0.5, 0.6) is 0 Å². The van der Waals surface area contributed by atoms with Crippen molar-refractivity contribution in [1.29, 1.82) is 0 Å². The van der Waals surface area contributed by atoms with Gasteiger partial charge in [0, 0.05) is 30.6 Å². The van der Waals surface area contributed by atoms with E-state index < -0.39 is 16.1 Å². The van der Waals surface area contributed by atoms with Crippen molar-refractivity contribution in [3.8, 4) is 0 Å². The fraction of sp³-hybridized carbons (Fsp3) is 0.481. The van der Waals surface area contributed by atoms with Gasteiger partial charge in [-0.3, -0.25) is 13.9 Å². The number of hydrogen-bond donors (Lipinski definition) is 1. The van der Waals surface area contributed by atoms with Gasteiger partial charge in [0.1, 0.15) is 6.04 Å². The summed E-state index contributed by atoms with van der Waals surface area (Å²) in [6.45, 7) is 7.96. The number of carbonyl (C=O) groups is 2. The maximum atomic E-state index is 13.3. The summed E-state index contributed by atoms with van der Waals surface area (Å²) in [7, 11) is -3.53. The standard InChI is InChI=1S/C27H38ClN3O4S/c1-6-20(3)29-27(33)21(4)30(19-23-11-8-9-12-25(23)28)26(32)13-10-18-31(36(5,34)35)24-16-14-22(7-2)15-17-24/h8-9,11-12,14-17,20-21H,6-7,10,13,18-19H2,1-5H3,(H,29,33)/t20-,21+/m0/s1. The first kappa shape index (κ1) is 29.6.